The van der Waals surface area contributed by atoms with Crippen molar-refractivity contribution in [1.82, 2.24) is 9.94 Å². The smallest absolute Gasteiger partial charge is 0.159 e. The molecule has 5 heteroatoms. The van der Waals surface area contributed by atoms with Crippen LogP contribution in [0.25, 0.3) is 0 Å². The molecule has 2 aromatic rings. The zero-order valence-corrected chi connectivity index (χ0v) is 8.08. The van der Waals surface area contributed by atoms with E-state index in [9.17, 15) is 0 Å². The van der Waals surface area contributed by atoms with Crippen LogP contribution in [-0.4, -0.2) is 9.94 Å². The average Bonchev–Trinajstić information content (AvgIpc) is 2.81. The Kier molecular flexibility index (Phi) is 2.53. The molecule has 5 nitrogen and oxygen atoms in total. The van der Waals surface area contributed by atoms with E-state index in [1.807, 2.05) is 12.1 Å². The second-order valence-corrected chi connectivity index (χ2v) is 2.87. The third-order valence-corrected chi connectivity index (χ3v) is 1.86. The molecular formula is C11H5N4O. The van der Waals surface area contributed by atoms with Gasteiger partial charge in [-0.3, -0.25) is 0 Å². The van der Waals surface area contributed by atoms with E-state index in [-0.39, 0.29) is 5.56 Å². The summed E-state index contributed by atoms with van der Waals surface area (Å²) in [6.45, 7) is 0. The van der Waals surface area contributed by atoms with Crippen LogP contribution >= 0.6 is 0 Å². The molecule has 0 fully saturated rings. The lowest BCUT2D eigenvalue weighted by atomic mass is 10.1. The van der Waals surface area contributed by atoms with E-state index >= 15 is 0 Å². The molecule has 0 aliphatic carbocycles. The molecule has 0 aliphatic heterocycles. The Labute approximate surface area is 91.7 Å². The molecule has 0 saturated carbocycles. The van der Waals surface area contributed by atoms with Crippen molar-refractivity contribution in [2.24, 2.45) is 0 Å². The highest BCUT2D eigenvalue weighted by atomic mass is 16.7. The van der Waals surface area contributed by atoms with Crippen LogP contribution < -0.4 is 4.84 Å². The number of benzene rings is 1. The Bertz CT molecular complexity index is 575. The summed E-state index contributed by atoms with van der Waals surface area (Å²) in [5, 5.41) is 21.3. The maximum atomic E-state index is 8.81. The fraction of sp³-hybridized carbons (Fsp3) is 0. The maximum Gasteiger partial charge on any atom is 0.159 e. The Balaban J connectivity index is 2.31. The van der Waals surface area contributed by atoms with Crippen LogP contribution in [0.2, 0.25) is 0 Å². The minimum Gasteiger partial charge on any atom is -0.358 e. The molecular weight excluding hydrogens is 204 g/mol. The first-order chi connectivity index (χ1) is 7.83. The first-order valence-corrected chi connectivity index (χ1v) is 4.37. The lowest BCUT2D eigenvalue weighted by Crippen LogP contribution is -2.05. The van der Waals surface area contributed by atoms with Gasteiger partial charge < -0.3 is 4.84 Å². The lowest BCUT2D eigenvalue weighted by Gasteiger charge is -2.04. The number of nitriles is 2. The summed E-state index contributed by atoms with van der Waals surface area (Å²) in [5.74, 6) is 0.438. The number of hydrogen-bond donors (Lipinski definition) is 0. The predicted octanol–water partition coefficient (Wildman–Crippen LogP) is 1.27. The number of hydrogen-bond acceptors (Lipinski definition) is 4. The summed E-state index contributed by atoms with van der Waals surface area (Å²) < 4.78 is 0. The molecule has 0 bridgehead atoms. The molecule has 1 radical (unpaired) electrons. The van der Waals surface area contributed by atoms with Crippen molar-refractivity contribution in [3.63, 3.8) is 0 Å². The van der Waals surface area contributed by atoms with E-state index in [2.05, 4.69) is 11.2 Å². The second-order valence-electron chi connectivity index (χ2n) is 2.87. The lowest BCUT2D eigenvalue weighted by molar-refractivity contribution is 0.178. The Morgan fingerprint density at radius 3 is 2.69 bits per heavy atom. The van der Waals surface area contributed by atoms with Gasteiger partial charge in [-0.2, -0.15) is 10.5 Å². The average molecular weight is 209 g/mol. The third-order valence-electron chi connectivity index (χ3n) is 1.86. The molecule has 16 heavy (non-hydrogen) atoms. The van der Waals surface area contributed by atoms with Crippen molar-refractivity contribution in [1.29, 1.82) is 10.5 Å². The van der Waals surface area contributed by atoms with Gasteiger partial charge in [-0.15, -0.1) is 5.10 Å². The highest BCUT2D eigenvalue weighted by Crippen LogP contribution is 2.16. The van der Waals surface area contributed by atoms with Crippen LogP contribution in [0.1, 0.15) is 11.1 Å². The minimum absolute atomic E-state index is 0.274. The van der Waals surface area contributed by atoms with Crippen LogP contribution in [0.4, 0.5) is 0 Å². The summed E-state index contributed by atoms with van der Waals surface area (Å²) in [4.78, 5) is 6.48. The molecule has 0 aliphatic rings. The zero-order chi connectivity index (χ0) is 11.4. The predicted molar refractivity (Wildman–Crippen MR) is 53.0 cm³/mol. The Morgan fingerprint density at radius 2 is 2.06 bits per heavy atom. The van der Waals surface area contributed by atoms with Crippen LogP contribution in [0.3, 0.4) is 0 Å². The van der Waals surface area contributed by atoms with Gasteiger partial charge in [-0.1, -0.05) is 4.85 Å². The number of aromatic nitrogens is 2. The first-order valence-electron chi connectivity index (χ1n) is 4.37. The largest absolute Gasteiger partial charge is 0.358 e. The van der Waals surface area contributed by atoms with E-state index in [0.717, 1.165) is 0 Å². The van der Waals surface area contributed by atoms with Crippen molar-refractivity contribution in [2.45, 2.75) is 0 Å². The standard InChI is InChI=1S/C11H5N4O/c12-7-9-2-3-11(6-10(9)8-13)16-15-5-1-4-14-15/h2-6H. The van der Waals surface area contributed by atoms with Crippen LogP contribution in [-0.2, 0) is 0 Å². The normalized spacial score (nSPS) is 9.12. The van der Waals surface area contributed by atoms with Crippen LogP contribution in [0.15, 0.2) is 30.6 Å². The summed E-state index contributed by atoms with van der Waals surface area (Å²) in [7, 11) is 0. The van der Waals surface area contributed by atoms with E-state index in [1.165, 1.54) is 29.4 Å². The molecule has 0 amide bonds. The van der Waals surface area contributed by atoms with Gasteiger partial charge in [0, 0.05) is 12.1 Å². The molecule has 0 unspecified atom stereocenters. The fourth-order valence-electron chi connectivity index (χ4n) is 1.15. The molecule has 0 N–H and O–H groups in total. The van der Waals surface area contributed by atoms with Crippen molar-refractivity contribution >= 4 is 0 Å². The van der Waals surface area contributed by atoms with Crippen molar-refractivity contribution in [3.8, 4) is 17.9 Å². The van der Waals surface area contributed by atoms with Crippen LogP contribution in [0, 0.1) is 28.7 Å². The van der Waals surface area contributed by atoms with Gasteiger partial charge in [-0.25, -0.2) is 0 Å². The number of rotatable bonds is 2. The maximum absolute atomic E-state index is 8.81. The summed E-state index contributed by atoms with van der Waals surface area (Å²) in [5.41, 5.74) is 0.595. The summed E-state index contributed by atoms with van der Waals surface area (Å²) in [6, 6.07) is 11.2. The molecule has 1 aromatic heterocycles. The van der Waals surface area contributed by atoms with Crippen molar-refractivity contribution < 1.29 is 4.84 Å². The highest BCUT2D eigenvalue weighted by molar-refractivity contribution is 5.49. The van der Waals surface area contributed by atoms with Gasteiger partial charge in [0.05, 0.1) is 23.5 Å². The second kappa shape index (κ2) is 4.16. The first kappa shape index (κ1) is 9.75. The van der Waals surface area contributed by atoms with Gasteiger partial charge in [0.1, 0.15) is 12.1 Å². The Hall–Kier alpha value is -2.79. The molecule has 0 saturated heterocycles. The van der Waals surface area contributed by atoms with E-state index in [4.69, 9.17) is 15.4 Å². The fourth-order valence-corrected chi connectivity index (χ4v) is 1.15. The summed E-state index contributed by atoms with van der Waals surface area (Å²) >= 11 is 0. The van der Waals surface area contributed by atoms with E-state index < -0.39 is 0 Å². The third kappa shape index (κ3) is 1.84. The quantitative estimate of drug-likeness (QED) is 0.746. The summed E-state index contributed by atoms with van der Waals surface area (Å²) in [6.07, 6.45) is 2.96. The molecule has 2 rings (SSSR count). The molecule has 0 spiro atoms. The minimum atomic E-state index is 0.274. The molecule has 0 atom stereocenters. The number of nitrogens with zero attached hydrogens (tertiary/aromatic N) is 4. The van der Waals surface area contributed by atoms with Gasteiger partial charge in [-0.05, 0) is 12.1 Å². The molecule has 75 valence electrons. The van der Waals surface area contributed by atoms with Gasteiger partial charge >= 0.3 is 0 Å². The van der Waals surface area contributed by atoms with Crippen molar-refractivity contribution in [2.75, 3.05) is 0 Å². The Morgan fingerprint density at radius 1 is 1.25 bits per heavy atom. The van der Waals surface area contributed by atoms with E-state index in [1.54, 1.807) is 6.07 Å². The van der Waals surface area contributed by atoms with Crippen molar-refractivity contribution in [3.05, 3.63) is 47.8 Å². The van der Waals surface area contributed by atoms with E-state index in [0.29, 0.717) is 11.3 Å². The molecule has 1 heterocycles. The highest BCUT2D eigenvalue weighted by Gasteiger charge is 2.04. The van der Waals surface area contributed by atoms with Crippen LogP contribution in [0.5, 0.6) is 5.75 Å². The monoisotopic (exact) mass is 209 g/mol. The molecule has 1 aromatic carbocycles. The van der Waals surface area contributed by atoms with Gasteiger partial charge in [0.2, 0.25) is 0 Å². The topological polar surface area (TPSA) is 74.6 Å². The van der Waals surface area contributed by atoms with Gasteiger partial charge in [0.15, 0.2) is 5.75 Å². The zero-order valence-electron chi connectivity index (χ0n) is 8.08. The SMILES string of the molecule is N#Cc1ccc(On2c[c]cn2)cc1C#N. The van der Waals surface area contributed by atoms with Gasteiger partial charge in [0.25, 0.3) is 0 Å².